The summed E-state index contributed by atoms with van der Waals surface area (Å²) in [5.74, 6) is -0.147. The third kappa shape index (κ3) is 5.42. The Morgan fingerprint density at radius 1 is 1.47 bits per heavy atom. The van der Waals surface area contributed by atoms with Crippen LogP contribution < -0.4 is 5.32 Å². The molecular formula is C12H21N3O3S. The van der Waals surface area contributed by atoms with E-state index in [0.717, 1.165) is 5.56 Å². The predicted molar refractivity (Wildman–Crippen MR) is 73.5 cm³/mol. The van der Waals surface area contributed by atoms with Crippen LogP contribution in [-0.2, 0) is 28.1 Å². The number of amides is 1. The molecule has 0 atom stereocenters. The van der Waals surface area contributed by atoms with E-state index in [1.165, 1.54) is 0 Å². The van der Waals surface area contributed by atoms with Gasteiger partial charge in [-0.15, -0.1) is 0 Å². The first kappa shape index (κ1) is 15.7. The molecule has 19 heavy (non-hydrogen) atoms. The molecule has 0 fully saturated rings. The molecule has 0 bridgehead atoms. The van der Waals surface area contributed by atoms with Gasteiger partial charge in [0.05, 0.1) is 17.2 Å². The molecule has 0 unspecified atom stereocenters. The van der Waals surface area contributed by atoms with E-state index in [2.05, 4.69) is 10.4 Å². The molecule has 7 heteroatoms. The maximum Gasteiger partial charge on any atom is 0.220 e. The van der Waals surface area contributed by atoms with Gasteiger partial charge in [-0.1, -0.05) is 0 Å². The number of sulfone groups is 1. The minimum atomic E-state index is -3.09. The van der Waals surface area contributed by atoms with Crippen molar-refractivity contribution in [2.75, 3.05) is 12.3 Å². The van der Waals surface area contributed by atoms with E-state index < -0.39 is 15.1 Å². The Hall–Kier alpha value is -1.37. The number of aryl methyl sites for hydroxylation is 2. The summed E-state index contributed by atoms with van der Waals surface area (Å²) in [5.41, 5.74) is 0.993. The molecule has 0 saturated heterocycles. The van der Waals surface area contributed by atoms with E-state index in [1.54, 1.807) is 24.7 Å². The van der Waals surface area contributed by atoms with Crippen molar-refractivity contribution >= 4 is 15.7 Å². The van der Waals surface area contributed by atoms with Gasteiger partial charge in [-0.3, -0.25) is 9.48 Å². The van der Waals surface area contributed by atoms with Crippen LogP contribution >= 0.6 is 0 Å². The minimum absolute atomic E-state index is 0.0106. The van der Waals surface area contributed by atoms with E-state index in [1.807, 2.05) is 13.2 Å². The zero-order chi connectivity index (χ0) is 14.5. The van der Waals surface area contributed by atoms with Gasteiger partial charge in [-0.25, -0.2) is 8.42 Å². The number of carbonyl (C=O) groups excluding carboxylic acids is 1. The highest BCUT2D eigenvalue weighted by atomic mass is 32.2. The van der Waals surface area contributed by atoms with Crippen LogP contribution in [0.25, 0.3) is 0 Å². The van der Waals surface area contributed by atoms with E-state index in [0.29, 0.717) is 12.8 Å². The molecule has 1 amide bonds. The fourth-order valence-corrected chi connectivity index (χ4v) is 2.37. The molecule has 0 spiro atoms. The van der Waals surface area contributed by atoms with Gasteiger partial charge in [0, 0.05) is 26.2 Å². The maximum atomic E-state index is 11.5. The van der Waals surface area contributed by atoms with Crippen LogP contribution in [0.2, 0.25) is 0 Å². The van der Waals surface area contributed by atoms with Crippen LogP contribution in [0.3, 0.4) is 0 Å². The lowest BCUT2D eigenvalue weighted by atomic mass is 10.2. The van der Waals surface area contributed by atoms with Crippen molar-refractivity contribution in [3.8, 4) is 0 Å². The van der Waals surface area contributed by atoms with Gasteiger partial charge >= 0.3 is 0 Å². The second kappa shape index (κ2) is 6.70. The van der Waals surface area contributed by atoms with E-state index in [4.69, 9.17) is 0 Å². The predicted octanol–water partition coefficient (Wildman–Crippen LogP) is 0.292. The highest BCUT2D eigenvalue weighted by molar-refractivity contribution is 7.92. The largest absolute Gasteiger partial charge is 0.355 e. The molecule has 0 radical (unpaired) electrons. The lowest BCUT2D eigenvalue weighted by molar-refractivity contribution is -0.120. The van der Waals surface area contributed by atoms with Gasteiger partial charge in [0.1, 0.15) is 0 Å². The number of rotatable bonds is 7. The van der Waals surface area contributed by atoms with Crippen LogP contribution in [0.1, 0.15) is 25.8 Å². The standard InChI is InChI=1S/C12H21N3O3S/c1-10(2)19(17,18)7-6-13-12(16)5-4-11-8-14-15(3)9-11/h8-10H,4-7H2,1-3H3,(H,13,16). The van der Waals surface area contributed by atoms with Crippen LogP contribution in [0.4, 0.5) is 0 Å². The van der Waals surface area contributed by atoms with E-state index in [-0.39, 0.29) is 18.2 Å². The number of carbonyl (C=O) groups is 1. The Balaban J connectivity index is 2.25. The summed E-state index contributed by atoms with van der Waals surface area (Å²) in [5, 5.41) is 6.24. The average Bonchev–Trinajstić information content (AvgIpc) is 2.72. The van der Waals surface area contributed by atoms with E-state index in [9.17, 15) is 13.2 Å². The summed E-state index contributed by atoms with van der Waals surface area (Å²) in [6.45, 7) is 3.45. The van der Waals surface area contributed by atoms with Crippen molar-refractivity contribution < 1.29 is 13.2 Å². The van der Waals surface area contributed by atoms with Gasteiger partial charge in [-0.2, -0.15) is 5.10 Å². The van der Waals surface area contributed by atoms with Gasteiger partial charge < -0.3 is 5.32 Å². The summed E-state index contributed by atoms with van der Waals surface area (Å²) in [6.07, 6.45) is 4.52. The quantitative estimate of drug-likeness (QED) is 0.781. The molecule has 0 aliphatic heterocycles. The Morgan fingerprint density at radius 3 is 2.68 bits per heavy atom. The fraction of sp³-hybridized carbons (Fsp3) is 0.667. The van der Waals surface area contributed by atoms with Gasteiger partial charge in [0.25, 0.3) is 0 Å². The van der Waals surface area contributed by atoms with Crippen molar-refractivity contribution in [2.45, 2.75) is 31.9 Å². The van der Waals surface area contributed by atoms with Crippen LogP contribution in [0, 0.1) is 0 Å². The molecule has 1 rings (SSSR count). The molecule has 1 N–H and O–H groups in total. The van der Waals surface area contributed by atoms with Gasteiger partial charge in [0.2, 0.25) is 5.91 Å². The van der Waals surface area contributed by atoms with Crippen molar-refractivity contribution in [1.29, 1.82) is 0 Å². The number of nitrogens with one attached hydrogen (secondary N) is 1. The van der Waals surface area contributed by atoms with Crippen molar-refractivity contribution in [1.82, 2.24) is 15.1 Å². The van der Waals surface area contributed by atoms with Crippen LogP contribution in [0.15, 0.2) is 12.4 Å². The monoisotopic (exact) mass is 287 g/mol. The van der Waals surface area contributed by atoms with Crippen LogP contribution in [0.5, 0.6) is 0 Å². The lowest BCUT2D eigenvalue weighted by Gasteiger charge is -2.08. The maximum absolute atomic E-state index is 11.5. The Morgan fingerprint density at radius 2 is 2.16 bits per heavy atom. The molecule has 0 aromatic carbocycles. The number of nitrogens with zero attached hydrogens (tertiary/aromatic N) is 2. The molecule has 1 aromatic rings. The number of hydrogen-bond acceptors (Lipinski definition) is 4. The third-order valence-electron chi connectivity index (χ3n) is 2.83. The SMILES string of the molecule is CC(C)S(=O)(=O)CCNC(=O)CCc1cnn(C)c1. The molecule has 1 heterocycles. The molecule has 6 nitrogen and oxygen atoms in total. The second-order valence-corrected chi connectivity index (χ2v) is 7.46. The van der Waals surface area contributed by atoms with Crippen LogP contribution in [-0.4, -0.2) is 41.7 Å². The topological polar surface area (TPSA) is 81.1 Å². The van der Waals surface area contributed by atoms with Gasteiger partial charge in [0.15, 0.2) is 9.84 Å². The lowest BCUT2D eigenvalue weighted by Crippen LogP contribution is -2.31. The summed E-state index contributed by atoms with van der Waals surface area (Å²) in [7, 11) is -1.27. The Labute approximate surface area is 114 Å². The Kier molecular flexibility index (Phi) is 5.53. The Bertz CT molecular complexity index is 520. The number of hydrogen-bond donors (Lipinski definition) is 1. The zero-order valence-electron chi connectivity index (χ0n) is 11.6. The normalized spacial score (nSPS) is 11.8. The molecule has 0 aliphatic carbocycles. The second-order valence-electron chi connectivity index (χ2n) is 4.79. The number of aromatic nitrogens is 2. The fourth-order valence-electron chi connectivity index (χ4n) is 1.52. The molecule has 0 saturated carbocycles. The summed E-state index contributed by atoms with van der Waals surface area (Å²) in [6, 6.07) is 0. The smallest absolute Gasteiger partial charge is 0.220 e. The highest BCUT2D eigenvalue weighted by Crippen LogP contribution is 2.01. The average molecular weight is 287 g/mol. The summed E-state index contributed by atoms with van der Waals surface area (Å²) >= 11 is 0. The molecule has 0 aliphatic rings. The first-order chi connectivity index (χ1) is 8.81. The minimum Gasteiger partial charge on any atom is -0.355 e. The molecular weight excluding hydrogens is 266 g/mol. The summed E-state index contributed by atoms with van der Waals surface area (Å²) in [4.78, 5) is 11.5. The molecule has 1 aromatic heterocycles. The van der Waals surface area contributed by atoms with Gasteiger partial charge in [-0.05, 0) is 25.8 Å². The first-order valence-corrected chi connectivity index (χ1v) is 7.98. The molecule has 108 valence electrons. The zero-order valence-corrected chi connectivity index (χ0v) is 12.4. The summed E-state index contributed by atoms with van der Waals surface area (Å²) < 4.78 is 24.7. The highest BCUT2D eigenvalue weighted by Gasteiger charge is 2.15. The van der Waals surface area contributed by atoms with Crippen molar-refractivity contribution in [3.05, 3.63) is 18.0 Å². The van der Waals surface area contributed by atoms with E-state index >= 15 is 0 Å². The van der Waals surface area contributed by atoms with Crippen molar-refractivity contribution in [2.24, 2.45) is 7.05 Å². The first-order valence-electron chi connectivity index (χ1n) is 6.27. The third-order valence-corrected chi connectivity index (χ3v) is 5.04. The van der Waals surface area contributed by atoms with Crippen molar-refractivity contribution in [3.63, 3.8) is 0 Å².